The minimum atomic E-state index is 0.235. The van der Waals surface area contributed by atoms with Gasteiger partial charge in [-0.2, -0.15) is 0 Å². The lowest BCUT2D eigenvalue weighted by molar-refractivity contribution is 0.0786. The van der Waals surface area contributed by atoms with Crippen LogP contribution < -0.4 is 0 Å². The molecule has 0 spiro atoms. The smallest absolute Gasteiger partial charge is 0.263 e. The molecule has 0 N–H and O–H groups in total. The number of fused-ring (bicyclic) bond motifs is 3. The fourth-order valence-corrected chi connectivity index (χ4v) is 4.49. The summed E-state index contributed by atoms with van der Waals surface area (Å²) in [5, 5.41) is 0. The summed E-state index contributed by atoms with van der Waals surface area (Å²) in [6.07, 6.45) is 3.36. The summed E-state index contributed by atoms with van der Waals surface area (Å²) in [6.45, 7) is 13.5. The molecule has 2 heterocycles. The van der Waals surface area contributed by atoms with Crippen LogP contribution in [0.3, 0.4) is 0 Å². The van der Waals surface area contributed by atoms with Gasteiger partial charge in [0.25, 0.3) is 5.91 Å². The van der Waals surface area contributed by atoms with E-state index in [1.165, 1.54) is 16.0 Å². The Hall–Kier alpha value is -0.830. The first-order valence-electron chi connectivity index (χ1n) is 7.87. The standard InChI is InChI=1S/C13H17NOS.2C2H6/c1-13(2)6-9-8-4-5-14(3)12(15)11(8)16-10(9)7-13;2*1-2/h4-7H2,1-3H3;2*1-2H3. The van der Waals surface area contributed by atoms with Crippen LogP contribution in [0.15, 0.2) is 0 Å². The number of carbonyl (C=O) groups excluding carboxylic acids is 1. The van der Waals surface area contributed by atoms with Crippen LogP contribution in [-0.4, -0.2) is 24.4 Å². The van der Waals surface area contributed by atoms with Crippen LogP contribution in [0.2, 0.25) is 0 Å². The van der Waals surface area contributed by atoms with Crippen LogP contribution in [0.4, 0.5) is 0 Å². The maximum absolute atomic E-state index is 12.0. The van der Waals surface area contributed by atoms with Crippen LogP contribution in [0, 0.1) is 5.41 Å². The molecule has 0 atom stereocenters. The Bertz CT molecular complexity index is 474. The van der Waals surface area contributed by atoms with Gasteiger partial charge >= 0.3 is 0 Å². The quantitative estimate of drug-likeness (QED) is 0.687. The molecule has 2 aliphatic rings. The SMILES string of the molecule is CC.CC.CN1CCc2c(sc3c2CC(C)(C)C3)C1=O. The van der Waals surface area contributed by atoms with Crippen LogP contribution in [0.1, 0.15) is 67.2 Å². The molecule has 0 bridgehead atoms. The summed E-state index contributed by atoms with van der Waals surface area (Å²) < 4.78 is 0. The highest BCUT2D eigenvalue weighted by molar-refractivity contribution is 7.14. The molecular weight excluding hydrogens is 266 g/mol. The largest absolute Gasteiger partial charge is 0.341 e. The van der Waals surface area contributed by atoms with E-state index >= 15 is 0 Å². The molecule has 0 saturated carbocycles. The molecule has 3 heteroatoms. The second-order valence-corrected chi connectivity index (χ2v) is 6.91. The Morgan fingerprint density at radius 1 is 1.05 bits per heavy atom. The van der Waals surface area contributed by atoms with Gasteiger partial charge in [-0.05, 0) is 35.8 Å². The molecule has 114 valence electrons. The number of amides is 1. The summed E-state index contributed by atoms with van der Waals surface area (Å²) >= 11 is 1.75. The molecule has 0 aromatic carbocycles. The number of likely N-dealkylation sites (N-methyl/N-ethyl adjacent to an activating group) is 1. The van der Waals surface area contributed by atoms with Gasteiger partial charge in [-0.1, -0.05) is 41.5 Å². The zero-order chi connectivity index (χ0) is 15.5. The number of rotatable bonds is 0. The molecule has 1 aromatic heterocycles. The van der Waals surface area contributed by atoms with Crippen molar-refractivity contribution < 1.29 is 4.79 Å². The predicted molar refractivity (Wildman–Crippen MR) is 88.9 cm³/mol. The third-order valence-corrected chi connectivity index (χ3v) is 5.00. The van der Waals surface area contributed by atoms with Crippen molar-refractivity contribution in [2.75, 3.05) is 13.6 Å². The lowest BCUT2D eigenvalue weighted by Gasteiger charge is -2.24. The first-order valence-corrected chi connectivity index (χ1v) is 8.68. The highest BCUT2D eigenvalue weighted by Gasteiger charge is 2.36. The molecule has 0 fully saturated rings. The van der Waals surface area contributed by atoms with Gasteiger partial charge in [0.1, 0.15) is 0 Å². The highest BCUT2D eigenvalue weighted by Crippen LogP contribution is 2.44. The molecule has 1 amide bonds. The van der Waals surface area contributed by atoms with Gasteiger partial charge in [0, 0.05) is 18.5 Å². The van der Waals surface area contributed by atoms with Crippen molar-refractivity contribution in [1.29, 1.82) is 0 Å². The van der Waals surface area contributed by atoms with E-state index in [9.17, 15) is 4.79 Å². The summed E-state index contributed by atoms with van der Waals surface area (Å²) in [7, 11) is 1.90. The van der Waals surface area contributed by atoms with Crippen molar-refractivity contribution in [2.24, 2.45) is 5.41 Å². The van der Waals surface area contributed by atoms with Gasteiger partial charge in [0.05, 0.1) is 4.88 Å². The fourth-order valence-electron chi connectivity index (χ4n) is 2.87. The minimum absolute atomic E-state index is 0.235. The summed E-state index contributed by atoms with van der Waals surface area (Å²) in [6, 6.07) is 0. The molecule has 1 aliphatic heterocycles. The van der Waals surface area contributed by atoms with Crippen molar-refractivity contribution in [1.82, 2.24) is 4.90 Å². The normalized spacial score (nSPS) is 18.4. The maximum Gasteiger partial charge on any atom is 0.263 e. The topological polar surface area (TPSA) is 20.3 Å². The Labute approximate surface area is 128 Å². The Balaban J connectivity index is 0.000000461. The summed E-state index contributed by atoms with van der Waals surface area (Å²) in [5.74, 6) is 0.235. The molecular formula is C17H29NOS. The van der Waals surface area contributed by atoms with Gasteiger partial charge in [-0.15, -0.1) is 11.3 Å². The second kappa shape index (κ2) is 6.75. The lowest BCUT2D eigenvalue weighted by atomic mass is 9.89. The van der Waals surface area contributed by atoms with Crippen molar-refractivity contribution >= 4 is 17.2 Å². The molecule has 1 aliphatic carbocycles. The number of nitrogens with zero attached hydrogens (tertiary/aromatic N) is 1. The van der Waals surface area contributed by atoms with E-state index in [2.05, 4.69) is 13.8 Å². The van der Waals surface area contributed by atoms with E-state index in [-0.39, 0.29) is 5.91 Å². The zero-order valence-electron chi connectivity index (χ0n) is 14.1. The predicted octanol–water partition coefficient (Wildman–Crippen LogP) is 4.55. The summed E-state index contributed by atoms with van der Waals surface area (Å²) in [4.78, 5) is 16.4. The van der Waals surface area contributed by atoms with Gasteiger partial charge in [-0.25, -0.2) is 0 Å². The average molecular weight is 295 g/mol. The van der Waals surface area contributed by atoms with E-state index in [0.717, 1.165) is 30.7 Å². The van der Waals surface area contributed by atoms with Crippen molar-refractivity contribution in [3.8, 4) is 0 Å². The maximum atomic E-state index is 12.0. The molecule has 0 saturated heterocycles. The Kier molecular flexibility index (Phi) is 5.81. The average Bonchev–Trinajstić information content (AvgIpc) is 2.91. The van der Waals surface area contributed by atoms with Crippen LogP contribution >= 0.6 is 11.3 Å². The Morgan fingerprint density at radius 2 is 1.65 bits per heavy atom. The number of carbonyl (C=O) groups is 1. The minimum Gasteiger partial charge on any atom is -0.341 e. The van der Waals surface area contributed by atoms with E-state index in [4.69, 9.17) is 0 Å². The lowest BCUT2D eigenvalue weighted by Crippen LogP contribution is -2.33. The molecule has 0 radical (unpaired) electrons. The summed E-state index contributed by atoms with van der Waals surface area (Å²) in [5.41, 5.74) is 3.28. The van der Waals surface area contributed by atoms with Gasteiger partial charge in [0.2, 0.25) is 0 Å². The second-order valence-electron chi connectivity index (χ2n) is 5.81. The fraction of sp³-hybridized carbons (Fsp3) is 0.706. The molecule has 3 rings (SSSR count). The van der Waals surface area contributed by atoms with Crippen molar-refractivity contribution in [2.45, 2.75) is 60.8 Å². The number of thiophene rings is 1. The van der Waals surface area contributed by atoms with E-state index in [0.29, 0.717) is 5.41 Å². The van der Waals surface area contributed by atoms with E-state index in [1.54, 1.807) is 11.3 Å². The Morgan fingerprint density at radius 3 is 2.25 bits per heavy atom. The van der Waals surface area contributed by atoms with Gasteiger partial charge in [-0.3, -0.25) is 4.79 Å². The molecule has 20 heavy (non-hydrogen) atoms. The molecule has 1 aromatic rings. The highest BCUT2D eigenvalue weighted by atomic mass is 32.1. The third-order valence-electron chi connectivity index (χ3n) is 3.73. The van der Waals surface area contributed by atoms with Crippen LogP contribution in [0.25, 0.3) is 0 Å². The first-order chi connectivity index (χ1) is 9.48. The van der Waals surface area contributed by atoms with E-state index in [1.807, 2.05) is 39.6 Å². The molecule has 0 unspecified atom stereocenters. The first kappa shape index (κ1) is 17.2. The van der Waals surface area contributed by atoms with Gasteiger partial charge in [0.15, 0.2) is 0 Å². The van der Waals surface area contributed by atoms with E-state index < -0.39 is 0 Å². The number of hydrogen-bond acceptors (Lipinski definition) is 2. The van der Waals surface area contributed by atoms with Crippen LogP contribution in [-0.2, 0) is 19.3 Å². The third kappa shape index (κ3) is 3.08. The monoisotopic (exact) mass is 295 g/mol. The zero-order valence-corrected chi connectivity index (χ0v) is 14.9. The van der Waals surface area contributed by atoms with Crippen molar-refractivity contribution in [3.63, 3.8) is 0 Å². The van der Waals surface area contributed by atoms with Crippen LogP contribution in [0.5, 0.6) is 0 Å². The van der Waals surface area contributed by atoms with Crippen molar-refractivity contribution in [3.05, 3.63) is 20.9 Å². The number of hydrogen-bond donors (Lipinski definition) is 0. The van der Waals surface area contributed by atoms with Gasteiger partial charge < -0.3 is 4.90 Å². The molecule has 2 nitrogen and oxygen atoms in total.